The van der Waals surface area contributed by atoms with Crippen LogP contribution in [0.5, 0.6) is 0 Å². The maximum absolute atomic E-state index is 12.5. The number of hydrogen-bond acceptors (Lipinski definition) is 5. The van der Waals surface area contributed by atoms with Gasteiger partial charge in [-0.05, 0) is 36.8 Å². The first kappa shape index (κ1) is 20.1. The molecule has 0 saturated carbocycles. The van der Waals surface area contributed by atoms with Crippen LogP contribution >= 0.6 is 11.3 Å². The highest BCUT2D eigenvalue weighted by atomic mass is 32.1. The maximum atomic E-state index is 12.5. The number of nitrogens with one attached hydrogen (secondary N) is 1. The molecule has 0 unspecified atom stereocenters. The molecule has 3 aromatic heterocycles. The van der Waals surface area contributed by atoms with Crippen LogP contribution < -0.4 is 5.32 Å². The van der Waals surface area contributed by atoms with Crippen molar-refractivity contribution in [2.75, 3.05) is 5.32 Å². The average molecular weight is 440 g/mol. The van der Waals surface area contributed by atoms with Gasteiger partial charge in [-0.15, -0.1) is 21.5 Å². The second kappa shape index (κ2) is 8.72. The van der Waals surface area contributed by atoms with Crippen LogP contribution in [0.4, 0.5) is 5.69 Å². The fraction of sp³-hybridized carbons (Fsp3) is 0.120. The number of carbonyl (C=O) groups is 1. The normalized spacial score (nSPS) is 11.0. The summed E-state index contributed by atoms with van der Waals surface area (Å²) in [5.41, 5.74) is 5.76. The van der Waals surface area contributed by atoms with E-state index >= 15 is 0 Å². The van der Waals surface area contributed by atoms with Gasteiger partial charge in [-0.3, -0.25) is 9.20 Å². The first-order valence-corrected chi connectivity index (χ1v) is 11.2. The Morgan fingerprint density at radius 1 is 1.00 bits per heavy atom. The number of benzene rings is 2. The maximum Gasteiger partial charge on any atom is 0.230 e. The van der Waals surface area contributed by atoms with Crippen LogP contribution in [0.3, 0.4) is 0 Å². The van der Waals surface area contributed by atoms with E-state index in [-0.39, 0.29) is 12.3 Å². The van der Waals surface area contributed by atoms with Gasteiger partial charge in [-0.1, -0.05) is 48.0 Å². The van der Waals surface area contributed by atoms with Gasteiger partial charge in [0.1, 0.15) is 10.8 Å². The summed E-state index contributed by atoms with van der Waals surface area (Å²) in [5, 5.41) is 14.3. The summed E-state index contributed by atoms with van der Waals surface area (Å²) >= 11 is 1.56. The second-order valence-corrected chi connectivity index (χ2v) is 8.51. The van der Waals surface area contributed by atoms with E-state index in [1.54, 1.807) is 11.3 Å². The van der Waals surface area contributed by atoms with Crippen LogP contribution in [0.1, 0.15) is 22.6 Å². The van der Waals surface area contributed by atoms with Gasteiger partial charge in [0.2, 0.25) is 5.91 Å². The van der Waals surface area contributed by atoms with Gasteiger partial charge in [0.15, 0.2) is 5.65 Å². The quantitative estimate of drug-likeness (QED) is 0.407. The molecule has 0 aliphatic heterocycles. The van der Waals surface area contributed by atoms with Gasteiger partial charge in [0, 0.05) is 29.2 Å². The number of pyridine rings is 1. The number of thiazole rings is 1. The highest BCUT2D eigenvalue weighted by Gasteiger charge is 2.10. The molecule has 7 heteroatoms. The Hall–Kier alpha value is -3.84. The molecule has 0 radical (unpaired) electrons. The summed E-state index contributed by atoms with van der Waals surface area (Å²) in [4.78, 5) is 17.1. The molecular weight excluding hydrogens is 418 g/mol. The largest absolute Gasteiger partial charge is 0.326 e. The Labute approximate surface area is 189 Å². The minimum Gasteiger partial charge on any atom is -0.326 e. The topological polar surface area (TPSA) is 72.2 Å². The first-order chi connectivity index (χ1) is 15.6. The number of rotatable bonds is 6. The zero-order chi connectivity index (χ0) is 21.9. The molecule has 0 bridgehead atoms. The third-order valence-corrected chi connectivity index (χ3v) is 6.12. The molecule has 5 rings (SSSR count). The monoisotopic (exact) mass is 439 g/mol. The van der Waals surface area contributed by atoms with Crippen LogP contribution in [-0.2, 0) is 17.6 Å². The van der Waals surface area contributed by atoms with E-state index in [0.717, 1.165) is 39.0 Å². The van der Waals surface area contributed by atoms with Crippen LogP contribution in [0, 0.1) is 6.92 Å². The zero-order valence-electron chi connectivity index (χ0n) is 17.5. The molecule has 0 atom stereocenters. The molecule has 1 amide bonds. The Kier molecular flexibility index (Phi) is 5.47. The summed E-state index contributed by atoms with van der Waals surface area (Å²) in [5.74, 6) is 0.798. The van der Waals surface area contributed by atoms with Crippen molar-refractivity contribution in [1.29, 1.82) is 0 Å². The Morgan fingerprint density at radius 3 is 2.62 bits per heavy atom. The Balaban J connectivity index is 1.20. The highest BCUT2D eigenvalue weighted by molar-refractivity contribution is 7.13. The Bertz CT molecular complexity index is 1370. The summed E-state index contributed by atoms with van der Waals surface area (Å²) in [6.07, 6.45) is 2.87. The predicted octanol–water partition coefficient (Wildman–Crippen LogP) is 4.93. The van der Waals surface area contributed by atoms with Crippen LogP contribution in [0.2, 0.25) is 0 Å². The van der Waals surface area contributed by atoms with Crippen molar-refractivity contribution in [3.05, 3.63) is 101 Å². The van der Waals surface area contributed by atoms with Crippen molar-refractivity contribution in [3.8, 4) is 10.6 Å². The molecule has 32 heavy (non-hydrogen) atoms. The lowest BCUT2D eigenvalue weighted by atomic mass is 10.1. The number of aromatic nitrogens is 4. The number of anilines is 1. The summed E-state index contributed by atoms with van der Waals surface area (Å²) in [6.45, 7) is 2.06. The number of aryl methyl sites for hydroxylation is 1. The lowest BCUT2D eigenvalue weighted by Crippen LogP contribution is -2.14. The molecule has 0 fully saturated rings. The van der Waals surface area contributed by atoms with Gasteiger partial charge in [-0.2, -0.15) is 0 Å². The van der Waals surface area contributed by atoms with E-state index in [1.807, 2.05) is 58.4 Å². The highest BCUT2D eigenvalue weighted by Crippen LogP contribution is 2.24. The van der Waals surface area contributed by atoms with E-state index < -0.39 is 0 Å². The van der Waals surface area contributed by atoms with Crippen LogP contribution in [0.15, 0.2) is 78.3 Å². The van der Waals surface area contributed by atoms with E-state index in [9.17, 15) is 4.79 Å². The van der Waals surface area contributed by atoms with Gasteiger partial charge in [0.25, 0.3) is 0 Å². The van der Waals surface area contributed by atoms with E-state index in [2.05, 4.69) is 51.7 Å². The van der Waals surface area contributed by atoms with E-state index in [4.69, 9.17) is 0 Å². The molecule has 1 N–H and O–H groups in total. The molecule has 158 valence electrons. The van der Waals surface area contributed by atoms with Crippen molar-refractivity contribution in [3.63, 3.8) is 0 Å². The first-order valence-electron chi connectivity index (χ1n) is 10.3. The number of nitrogens with zero attached hydrogens (tertiary/aromatic N) is 4. The fourth-order valence-electron chi connectivity index (χ4n) is 3.49. The number of fused-ring (bicyclic) bond motifs is 1. The van der Waals surface area contributed by atoms with Gasteiger partial charge in [-0.25, -0.2) is 4.98 Å². The minimum absolute atomic E-state index is 0.0815. The second-order valence-electron chi connectivity index (χ2n) is 7.65. The zero-order valence-corrected chi connectivity index (χ0v) is 18.3. The summed E-state index contributed by atoms with van der Waals surface area (Å²) in [7, 11) is 0. The molecule has 5 aromatic rings. The van der Waals surface area contributed by atoms with Crippen LogP contribution in [-0.4, -0.2) is 25.5 Å². The van der Waals surface area contributed by atoms with E-state index in [0.29, 0.717) is 6.42 Å². The number of carbonyl (C=O) groups excluding carboxylic acids is 1. The summed E-state index contributed by atoms with van der Waals surface area (Å²) in [6, 6.07) is 21.9. The molecule has 2 aromatic carbocycles. The Morgan fingerprint density at radius 2 is 1.81 bits per heavy atom. The molecular formula is C25H21N5OS. The van der Waals surface area contributed by atoms with Gasteiger partial charge in [0.05, 0.1) is 12.1 Å². The SMILES string of the molecule is Cc1ccc(-c2nc(CC(=O)Nc3ccc(Cc4nnc5ccccn45)cc3)cs2)cc1. The molecule has 3 heterocycles. The number of amides is 1. The van der Waals surface area contributed by atoms with Gasteiger partial charge >= 0.3 is 0 Å². The lowest BCUT2D eigenvalue weighted by Gasteiger charge is -2.06. The standard InChI is InChI=1S/C25H21N5OS/c1-17-5-9-19(10-6-17)25-27-21(16-32-25)15-24(31)26-20-11-7-18(8-12-20)14-23-29-28-22-4-2-3-13-30(22)23/h2-13,16H,14-15H2,1H3,(H,26,31). The van der Waals surface area contributed by atoms with Crippen molar-refractivity contribution < 1.29 is 4.79 Å². The number of hydrogen-bond donors (Lipinski definition) is 1. The average Bonchev–Trinajstić information content (AvgIpc) is 3.43. The molecule has 0 spiro atoms. The molecule has 6 nitrogen and oxygen atoms in total. The third kappa shape index (κ3) is 4.43. The smallest absolute Gasteiger partial charge is 0.230 e. The van der Waals surface area contributed by atoms with Crippen LogP contribution in [0.25, 0.3) is 16.2 Å². The van der Waals surface area contributed by atoms with Gasteiger partial charge < -0.3 is 5.32 Å². The minimum atomic E-state index is -0.0815. The molecule has 0 aliphatic carbocycles. The predicted molar refractivity (Wildman–Crippen MR) is 127 cm³/mol. The van der Waals surface area contributed by atoms with E-state index in [1.165, 1.54) is 5.56 Å². The summed E-state index contributed by atoms with van der Waals surface area (Å²) < 4.78 is 1.98. The lowest BCUT2D eigenvalue weighted by molar-refractivity contribution is -0.115. The van der Waals surface area contributed by atoms with Crippen molar-refractivity contribution in [2.24, 2.45) is 0 Å². The molecule has 0 aliphatic rings. The fourth-order valence-corrected chi connectivity index (χ4v) is 4.31. The molecule has 0 saturated heterocycles. The van der Waals surface area contributed by atoms with Crippen molar-refractivity contribution in [1.82, 2.24) is 19.6 Å². The third-order valence-electron chi connectivity index (χ3n) is 5.18. The van der Waals surface area contributed by atoms with Crippen molar-refractivity contribution >= 4 is 28.6 Å². The van der Waals surface area contributed by atoms with Crippen molar-refractivity contribution in [2.45, 2.75) is 19.8 Å².